The molecule has 1 aromatic heterocycles. The van der Waals surface area contributed by atoms with E-state index in [0.29, 0.717) is 6.04 Å². The minimum absolute atomic E-state index is 0.225. The monoisotopic (exact) mass is 277 g/mol. The summed E-state index contributed by atoms with van der Waals surface area (Å²) in [5.74, 6) is 1.14. The molecule has 20 heavy (non-hydrogen) atoms. The van der Waals surface area contributed by atoms with Gasteiger partial charge in [0, 0.05) is 24.8 Å². The number of pyridine rings is 1. The molecule has 1 rings (SSSR count). The summed E-state index contributed by atoms with van der Waals surface area (Å²) in [4.78, 5) is 7.12. The van der Waals surface area contributed by atoms with Crippen LogP contribution in [0.4, 0.5) is 5.82 Å². The van der Waals surface area contributed by atoms with Crippen LogP contribution in [0, 0.1) is 0 Å². The number of unbranched alkanes of at least 4 members (excludes halogenated alkanes) is 1. The number of nitrogens with two attached hydrogens (primary N) is 1. The highest BCUT2D eigenvalue weighted by Gasteiger charge is 2.18. The first-order valence-electron chi connectivity index (χ1n) is 8.10. The summed E-state index contributed by atoms with van der Waals surface area (Å²) in [5.41, 5.74) is 7.43. The molecule has 0 bridgehead atoms. The number of hydrogen-bond donors (Lipinski definition) is 1. The van der Waals surface area contributed by atoms with Crippen molar-refractivity contribution in [2.24, 2.45) is 5.73 Å². The first kappa shape index (κ1) is 17.0. The van der Waals surface area contributed by atoms with Gasteiger partial charge in [-0.05, 0) is 44.2 Å². The molecule has 0 radical (unpaired) electrons. The standard InChI is InChI=1S/C17H31N3/c1-5-8-12-20(14(4)6-2)17-15(10-9-11-19-17)13-16(18)7-3/h9-11,14,16H,5-8,12-13,18H2,1-4H3. The van der Waals surface area contributed by atoms with Crippen molar-refractivity contribution >= 4 is 5.82 Å². The van der Waals surface area contributed by atoms with Gasteiger partial charge in [-0.2, -0.15) is 0 Å². The maximum Gasteiger partial charge on any atom is 0.131 e. The molecule has 0 aliphatic rings. The van der Waals surface area contributed by atoms with Crippen molar-refractivity contribution in [3.63, 3.8) is 0 Å². The van der Waals surface area contributed by atoms with Crippen LogP contribution < -0.4 is 10.6 Å². The summed E-state index contributed by atoms with van der Waals surface area (Å²) in [7, 11) is 0. The molecule has 0 saturated carbocycles. The predicted molar refractivity (Wildman–Crippen MR) is 88.2 cm³/mol. The molecule has 0 spiro atoms. The smallest absolute Gasteiger partial charge is 0.131 e. The Labute approximate surface area is 124 Å². The van der Waals surface area contributed by atoms with Gasteiger partial charge in [-0.25, -0.2) is 4.98 Å². The van der Waals surface area contributed by atoms with Gasteiger partial charge in [-0.1, -0.05) is 33.3 Å². The lowest BCUT2D eigenvalue weighted by molar-refractivity contribution is 0.581. The Morgan fingerprint density at radius 2 is 2.00 bits per heavy atom. The Hall–Kier alpha value is -1.09. The molecule has 0 aromatic carbocycles. The highest BCUT2D eigenvalue weighted by molar-refractivity contribution is 5.48. The van der Waals surface area contributed by atoms with Crippen molar-refractivity contribution in [1.82, 2.24) is 4.98 Å². The molecule has 2 N–H and O–H groups in total. The Bertz CT molecular complexity index is 378. The van der Waals surface area contributed by atoms with Crippen LogP contribution in [-0.4, -0.2) is 23.6 Å². The Morgan fingerprint density at radius 3 is 2.60 bits per heavy atom. The number of nitrogens with zero attached hydrogens (tertiary/aromatic N) is 2. The maximum absolute atomic E-state index is 6.14. The molecule has 0 saturated heterocycles. The Kier molecular flexibility index (Phi) is 7.60. The van der Waals surface area contributed by atoms with Crippen molar-refractivity contribution in [3.8, 4) is 0 Å². The van der Waals surface area contributed by atoms with E-state index in [1.165, 1.54) is 18.4 Å². The molecule has 0 aliphatic heterocycles. The number of anilines is 1. The molecule has 2 unspecified atom stereocenters. The van der Waals surface area contributed by atoms with Gasteiger partial charge in [0.15, 0.2) is 0 Å². The summed E-state index contributed by atoms with van der Waals surface area (Å²) in [5, 5.41) is 0. The third kappa shape index (κ3) is 4.78. The van der Waals surface area contributed by atoms with Gasteiger partial charge in [0.1, 0.15) is 5.82 Å². The van der Waals surface area contributed by atoms with E-state index in [0.717, 1.165) is 31.6 Å². The fourth-order valence-electron chi connectivity index (χ4n) is 2.36. The second-order valence-electron chi connectivity index (χ2n) is 5.66. The second-order valence-corrected chi connectivity index (χ2v) is 5.66. The second kappa shape index (κ2) is 8.96. The summed E-state index contributed by atoms with van der Waals surface area (Å²) in [6.45, 7) is 9.99. The molecule has 0 fully saturated rings. The van der Waals surface area contributed by atoms with Crippen molar-refractivity contribution in [1.29, 1.82) is 0 Å². The molecule has 1 heterocycles. The minimum atomic E-state index is 0.225. The lowest BCUT2D eigenvalue weighted by Gasteiger charge is -2.31. The fraction of sp³-hybridized carbons (Fsp3) is 0.706. The van der Waals surface area contributed by atoms with Gasteiger partial charge >= 0.3 is 0 Å². The van der Waals surface area contributed by atoms with E-state index in [4.69, 9.17) is 5.73 Å². The average Bonchev–Trinajstić information content (AvgIpc) is 2.48. The lowest BCUT2D eigenvalue weighted by atomic mass is 10.0. The Balaban J connectivity index is 2.99. The van der Waals surface area contributed by atoms with Crippen molar-refractivity contribution in [2.45, 2.75) is 71.9 Å². The van der Waals surface area contributed by atoms with Gasteiger partial charge in [-0.15, -0.1) is 0 Å². The van der Waals surface area contributed by atoms with Crippen molar-refractivity contribution in [3.05, 3.63) is 23.9 Å². The number of hydrogen-bond acceptors (Lipinski definition) is 3. The topological polar surface area (TPSA) is 42.2 Å². The molecular weight excluding hydrogens is 246 g/mol. The van der Waals surface area contributed by atoms with Crippen LogP contribution in [0.2, 0.25) is 0 Å². The van der Waals surface area contributed by atoms with E-state index in [-0.39, 0.29) is 6.04 Å². The SMILES string of the molecule is CCCCN(c1ncccc1CC(N)CC)C(C)CC. The van der Waals surface area contributed by atoms with E-state index in [1.807, 2.05) is 12.3 Å². The number of aromatic nitrogens is 1. The quantitative estimate of drug-likeness (QED) is 0.747. The lowest BCUT2D eigenvalue weighted by Crippen LogP contribution is -2.35. The van der Waals surface area contributed by atoms with Crippen LogP contribution in [0.3, 0.4) is 0 Å². The van der Waals surface area contributed by atoms with Crippen LogP contribution in [0.5, 0.6) is 0 Å². The van der Waals surface area contributed by atoms with E-state index >= 15 is 0 Å². The highest BCUT2D eigenvalue weighted by Crippen LogP contribution is 2.23. The first-order valence-corrected chi connectivity index (χ1v) is 8.10. The van der Waals surface area contributed by atoms with E-state index < -0.39 is 0 Å². The summed E-state index contributed by atoms with van der Waals surface area (Å²) < 4.78 is 0. The fourth-order valence-corrected chi connectivity index (χ4v) is 2.36. The van der Waals surface area contributed by atoms with Crippen LogP contribution in [0.25, 0.3) is 0 Å². The molecule has 0 amide bonds. The molecule has 2 atom stereocenters. The predicted octanol–water partition coefficient (Wildman–Crippen LogP) is 3.77. The van der Waals surface area contributed by atoms with E-state index in [9.17, 15) is 0 Å². The van der Waals surface area contributed by atoms with E-state index in [2.05, 4.69) is 43.6 Å². The largest absolute Gasteiger partial charge is 0.354 e. The zero-order valence-electron chi connectivity index (χ0n) is 13.6. The Morgan fingerprint density at radius 1 is 1.25 bits per heavy atom. The van der Waals surface area contributed by atoms with Crippen LogP contribution >= 0.6 is 0 Å². The summed E-state index contributed by atoms with van der Waals surface area (Å²) in [6.07, 6.45) is 7.38. The molecule has 114 valence electrons. The third-order valence-corrected chi connectivity index (χ3v) is 4.02. The van der Waals surface area contributed by atoms with Gasteiger partial charge < -0.3 is 10.6 Å². The van der Waals surface area contributed by atoms with Gasteiger partial charge in [-0.3, -0.25) is 0 Å². The van der Waals surface area contributed by atoms with Crippen molar-refractivity contribution in [2.75, 3.05) is 11.4 Å². The third-order valence-electron chi connectivity index (χ3n) is 4.02. The summed E-state index contributed by atoms with van der Waals surface area (Å²) >= 11 is 0. The maximum atomic E-state index is 6.14. The zero-order valence-corrected chi connectivity index (χ0v) is 13.6. The minimum Gasteiger partial charge on any atom is -0.354 e. The first-order chi connectivity index (χ1) is 9.63. The summed E-state index contributed by atoms with van der Waals surface area (Å²) in [6, 6.07) is 4.95. The molecule has 1 aromatic rings. The van der Waals surface area contributed by atoms with Gasteiger partial charge in [0.2, 0.25) is 0 Å². The zero-order chi connectivity index (χ0) is 15.0. The normalized spacial score (nSPS) is 14.1. The molecule has 3 nitrogen and oxygen atoms in total. The van der Waals surface area contributed by atoms with Gasteiger partial charge in [0.05, 0.1) is 0 Å². The van der Waals surface area contributed by atoms with Crippen molar-refractivity contribution < 1.29 is 0 Å². The van der Waals surface area contributed by atoms with E-state index in [1.54, 1.807) is 0 Å². The van der Waals surface area contributed by atoms with Crippen LogP contribution in [0.1, 0.15) is 58.9 Å². The number of rotatable bonds is 9. The molecular formula is C17H31N3. The molecule has 3 heteroatoms. The van der Waals surface area contributed by atoms with Gasteiger partial charge in [0.25, 0.3) is 0 Å². The molecule has 0 aliphatic carbocycles. The average molecular weight is 277 g/mol. The van der Waals surface area contributed by atoms with Crippen LogP contribution in [0.15, 0.2) is 18.3 Å². The highest BCUT2D eigenvalue weighted by atomic mass is 15.2. The van der Waals surface area contributed by atoms with Crippen LogP contribution in [-0.2, 0) is 6.42 Å².